The Labute approximate surface area is 117 Å². The zero-order chi connectivity index (χ0) is 14.7. The van der Waals surface area contributed by atoms with Crippen molar-refractivity contribution in [1.82, 2.24) is 4.90 Å². The number of carbonyl (C=O) groups excluding carboxylic acids is 1. The molecular formula is C15H20F2N2O. The molecule has 1 aromatic rings. The Bertz CT molecular complexity index is 493. The number of rotatable bonds is 3. The number of hydrogen-bond acceptors (Lipinski definition) is 2. The van der Waals surface area contributed by atoms with Crippen LogP contribution in [-0.2, 0) is 11.2 Å². The minimum atomic E-state index is -0.673. The van der Waals surface area contributed by atoms with E-state index in [0.717, 1.165) is 18.9 Å². The van der Waals surface area contributed by atoms with Gasteiger partial charge in [-0.3, -0.25) is 4.79 Å². The van der Waals surface area contributed by atoms with E-state index in [1.165, 1.54) is 12.1 Å². The Morgan fingerprint density at radius 3 is 2.85 bits per heavy atom. The predicted molar refractivity (Wildman–Crippen MR) is 73.0 cm³/mol. The van der Waals surface area contributed by atoms with Crippen LogP contribution < -0.4 is 5.73 Å². The maximum absolute atomic E-state index is 13.6. The molecule has 1 aliphatic rings. The fraction of sp³-hybridized carbons (Fsp3) is 0.533. The number of piperidine rings is 1. The largest absolute Gasteiger partial charge is 0.338 e. The van der Waals surface area contributed by atoms with Crippen LogP contribution in [0.2, 0.25) is 0 Å². The third-order valence-electron chi connectivity index (χ3n) is 3.93. The summed E-state index contributed by atoms with van der Waals surface area (Å²) in [6.07, 6.45) is 1.78. The summed E-state index contributed by atoms with van der Waals surface area (Å²) in [4.78, 5) is 14.0. The molecule has 1 aliphatic heterocycles. The number of carbonyl (C=O) groups is 1. The van der Waals surface area contributed by atoms with Crippen LogP contribution in [0, 0.1) is 17.6 Å². The lowest BCUT2D eigenvalue weighted by molar-refractivity contribution is -0.134. The summed E-state index contributed by atoms with van der Waals surface area (Å²) >= 11 is 0. The van der Waals surface area contributed by atoms with Crippen LogP contribution in [0.5, 0.6) is 0 Å². The van der Waals surface area contributed by atoms with E-state index >= 15 is 0 Å². The van der Waals surface area contributed by atoms with Crippen molar-refractivity contribution in [3.63, 3.8) is 0 Å². The van der Waals surface area contributed by atoms with Gasteiger partial charge in [-0.2, -0.15) is 0 Å². The fourth-order valence-corrected chi connectivity index (χ4v) is 2.73. The predicted octanol–water partition coefficient (Wildman–Crippen LogP) is 2.09. The second-order valence-electron chi connectivity index (χ2n) is 5.52. The molecule has 2 N–H and O–H groups in total. The topological polar surface area (TPSA) is 46.3 Å². The maximum Gasteiger partial charge on any atom is 0.227 e. The highest BCUT2D eigenvalue weighted by Crippen LogP contribution is 2.23. The summed E-state index contributed by atoms with van der Waals surface area (Å²) in [6, 6.07) is 3.33. The van der Waals surface area contributed by atoms with Crippen LogP contribution in [0.4, 0.5) is 8.78 Å². The SMILES string of the molecule is CC1CCN(C(=O)Cc2ccc(F)cc2F)C(CN)C1. The highest BCUT2D eigenvalue weighted by Gasteiger charge is 2.29. The third-order valence-corrected chi connectivity index (χ3v) is 3.93. The number of hydrogen-bond donors (Lipinski definition) is 1. The molecule has 0 aromatic heterocycles. The summed E-state index contributed by atoms with van der Waals surface area (Å²) in [7, 11) is 0. The van der Waals surface area contributed by atoms with Gasteiger partial charge in [0.05, 0.1) is 6.42 Å². The summed E-state index contributed by atoms with van der Waals surface area (Å²) in [6.45, 7) is 3.22. The Morgan fingerprint density at radius 2 is 2.20 bits per heavy atom. The van der Waals surface area contributed by atoms with Crippen molar-refractivity contribution in [2.24, 2.45) is 11.7 Å². The van der Waals surface area contributed by atoms with E-state index in [1.807, 2.05) is 0 Å². The number of nitrogens with two attached hydrogens (primary N) is 1. The molecule has 0 bridgehead atoms. The number of likely N-dealkylation sites (tertiary alicyclic amines) is 1. The van der Waals surface area contributed by atoms with Crippen molar-refractivity contribution < 1.29 is 13.6 Å². The van der Waals surface area contributed by atoms with Gasteiger partial charge in [0, 0.05) is 25.2 Å². The first kappa shape index (κ1) is 14.9. The van der Waals surface area contributed by atoms with Gasteiger partial charge >= 0.3 is 0 Å². The second kappa shape index (κ2) is 6.31. The van der Waals surface area contributed by atoms with E-state index in [-0.39, 0.29) is 23.9 Å². The smallest absolute Gasteiger partial charge is 0.227 e. The van der Waals surface area contributed by atoms with Crippen LogP contribution in [-0.4, -0.2) is 29.9 Å². The molecule has 1 saturated heterocycles. The molecule has 2 rings (SSSR count). The Kier molecular flexibility index (Phi) is 4.70. The van der Waals surface area contributed by atoms with Gasteiger partial charge in [-0.15, -0.1) is 0 Å². The average molecular weight is 282 g/mol. The van der Waals surface area contributed by atoms with Crippen LogP contribution in [0.3, 0.4) is 0 Å². The van der Waals surface area contributed by atoms with Gasteiger partial charge < -0.3 is 10.6 Å². The lowest BCUT2D eigenvalue weighted by Gasteiger charge is -2.38. The quantitative estimate of drug-likeness (QED) is 0.922. The molecular weight excluding hydrogens is 262 g/mol. The van der Waals surface area contributed by atoms with E-state index in [2.05, 4.69) is 6.92 Å². The van der Waals surface area contributed by atoms with E-state index in [4.69, 9.17) is 5.73 Å². The van der Waals surface area contributed by atoms with Crippen molar-refractivity contribution in [3.05, 3.63) is 35.4 Å². The van der Waals surface area contributed by atoms with Crippen molar-refractivity contribution in [3.8, 4) is 0 Å². The zero-order valence-electron chi connectivity index (χ0n) is 11.6. The highest BCUT2D eigenvalue weighted by atomic mass is 19.1. The molecule has 1 aromatic carbocycles. The number of amides is 1. The van der Waals surface area contributed by atoms with Crippen molar-refractivity contribution in [1.29, 1.82) is 0 Å². The van der Waals surface area contributed by atoms with E-state index in [0.29, 0.717) is 19.0 Å². The van der Waals surface area contributed by atoms with Gasteiger partial charge in [0.25, 0.3) is 0 Å². The monoisotopic (exact) mass is 282 g/mol. The summed E-state index contributed by atoms with van der Waals surface area (Å²) < 4.78 is 26.4. The zero-order valence-corrected chi connectivity index (χ0v) is 11.6. The van der Waals surface area contributed by atoms with Crippen molar-refractivity contribution >= 4 is 5.91 Å². The lowest BCUT2D eigenvalue weighted by atomic mass is 9.92. The molecule has 0 spiro atoms. The molecule has 3 nitrogen and oxygen atoms in total. The summed E-state index contributed by atoms with van der Waals surface area (Å²) in [5.41, 5.74) is 5.95. The molecule has 1 fully saturated rings. The van der Waals surface area contributed by atoms with Crippen LogP contribution >= 0.6 is 0 Å². The van der Waals surface area contributed by atoms with Crippen molar-refractivity contribution in [2.45, 2.75) is 32.2 Å². The highest BCUT2D eigenvalue weighted by molar-refractivity contribution is 5.79. The normalized spacial score (nSPS) is 22.9. The molecule has 2 atom stereocenters. The Hall–Kier alpha value is -1.49. The molecule has 110 valence electrons. The second-order valence-corrected chi connectivity index (χ2v) is 5.52. The van der Waals surface area contributed by atoms with E-state index in [1.54, 1.807) is 4.90 Å². The van der Waals surface area contributed by atoms with Gasteiger partial charge in [0.15, 0.2) is 0 Å². The maximum atomic E-state index is 13.6. The summed E-state index contributed by atoms with van der Waals surface area (Å²) in [5, 5.41) is 0. The van der Waals surface area contributed by atoms with Crippen LogP contribution in [0.25, 0.3) is 0 Å². The van der Waals surface area contributed by atoms with Gasteiger partial charge in [-0.25, -0.2) is 8.78 Å². The molecule has 2 unspecified atom stereocenters. The van der Waals surface area contributed by atoms with Crippen molar-refractivity contribution in [2.75, 3.05) is 13.1 Å². The number of halogens is 2. The molecule has 5 heteroatoms. The lowest BCUT2D eigenvalue weighted by Crippen LogP contribution is -2.49. The molecule has 0 saturated carbocycles. The first-order valence-corrected chi connectivity index (χ1v) is 6.94. The minimum Gasteiger partial charge on any atom is -0.338 e. The number of nitrogens with zero attached hydrogens (tertiary/aromatic N) is 1. The molecule has 20 heavy (non-hydrogen) atoms. The van der Waals surface area contributed by atoms with Crippen LogP contribution in [0.15, 0.2) is 18.2 Å². The van der Waals surface area contributed by atoms with Gasteiger partial charge in [-0.05, 0) is 30.4 Å². The average Bonchev–Trinajstić information content (AvgIpc) is 2.41. The number of benzene rings is 1. The molecule has 0 aliphatic carbocycles. The van der Waals surface area contributed by atoms with Gasteiger partial charge in [0.2, 0.25) is 5.91 Å². The van der Waals surface area contributed by atoms with Gasteiger partial charge in [-0.1, -0.05) is 13.0 Å². The van der Waals surface area contributed by atoms with E-state index in [9.17, 15) is 13.6 Å². The molecule has 1 amide bonds. The molecule has 1 heterocycles. The van der Waals surface area contributed by atoms with Gasteiger partial charge in [0.1, 0.15) is 11.6 Å². The first-order valence-electron chi connectivity index (χ1n) is 6.94. The van der Waals surface area contributed by atoms with Crippen LogP contribution in [0.1, 0.15) is 25.3 Å². The third kappa shape index (κ3) is 3.33. The molecule has 0 radical (unpaired) electrons. The fourth-order valence-electron chi connectivity index (χ4n) is 2.73. The Balaban J connectivity index is 2.07. The first-order chi connectivity index (χ1) is 9.51. The summed E-state index contributed by atoms with van der Waals surface area (Å²) in [5.74, 6) is -0.897. The van der Waals surface area contributed by atoms with E-state index < -0.39 is 11.6 Å². The standard InChI is InChI=1S/C15H20F2N2O/c1-10-4-5-19(13(6-10)9-18)15(20)7-11-2-3-12(16)8-14(11)17/h2-3,8,10,13H,4-7,9,18H2,1H3. The minimum absolute atomic E-state index is 0.0229. The Morgan fingerprint density at radius 1 is 1.45 bits per heavy atom.